The number of amides is 1. The quantitative estimate of drug-likeness (QED) is 0.639. The van der Waals surface area contributed by atoms with Gasteiger partial charge in [-0.05, 0) is 48.2 Å². The average molecular weight is 417 g/mol. The number of methoxy groups -OCH3 is 1. The molecule has 1 saturated heterocycles. The Bertz CT molecular complexity index is 975. The Labute approximate surface area is 183 Å². The summed E-state index contributed by atoms with van der Waals surface area (Å²) in [7, 11) is 1.64. The largest absolute Gasteiger partial charge is 0.497 e. The molecular weight excluding hydrogens is 388 g/mol. The molecule has 1 unspecified atom stereocenters. The van der Waals surface area contributed by atoms with E-state index in [1.807, 2.05) is 36.7 Å². The SMILES string of the molecule is COc1ccc(CC(=O)NC2CCCN(Cc3ccc(-c4cncnc4)cc3)C2)cc1. The normalized spacial score (nSPS) is 16.6. The maximum absolute atomic E-state index is 12.5. The van der Waals surface area contributed by atoms with Crippen LogP contribution in [0.3, 0.4) is 0 Å². The summed E-state index contributed by atoms with van der Waals surface area (Å²) in [5.74, 6) is 0.878. The minimum absolute atomic E-state index is 0.0754. The fraction of sp³-hybridized carbons (Fsp3) is 0.320. The van der Waals surface area contributed by atoms with Crippen LogP contribution in [0.25, 0.3) is 11.1 Å². The Hall–Kier alpha value is -3.25. The molecule has 0 aliphatic carbocycles. The van der Waals surface area contributed by atoms with E-state index in [9.17, 15) is 4.79 Å². The van der Waals surface area contributed by atoms with Crippen LogP contribution in [0.2, 0.25) is 0 Å². The minimum Gasteiger partial charge on any atom is -0.497 e. The molecule has 1 aromatic heterocycles. The zero-order valence-electron chi connectivity index (χ0n) is 17.8. The second kappa shape index (κ2) is 10.2. The minimum atomic E-state index is 0.0754. The van der Waals surface area contributed by atoms with Gasteiger partial charge in [-0.25, -0.2) is 9.97 Å². The number of hydrogen-bond donors (Lipinski definition) is 1. The lowest BCUT2D eigenvalue weighted by molar-refractivity contribution is -0.121. The summed E-state index contributed by atoms with van der Waals surface area (Å²) in [4.78, 5) is 23.1. The molecule has 4 rings (SSSR count). The van der Waals surface area contributed by atoms with Gasteiger partial charge in [-0.3, -0.25) is 9.69 Å². The number of rotatable bonds is 7. The second-order valence-corrected chi connectivity index (χ2v) is 7.99. The number of ether oxygens (including phenoxy) is 1. The van der Waals surface area contributed by atoms with E-state index in [1.165, 1.54) is 5.56 Å². The number of hydrogen-bond acceptors (Lipinski definition) is 5. The fourth-order valence-electron chi connectivity index (χ4n) is 4.03. The molecule has 0 spiro atoms. The number of carbonyl (C=O) groups excluding carboxylic acids is 1. The van der Waals surface area contributed by atoms with E-state index < -0.39 is 0 Å². The van der Waals surface area contributed by atoms with Crippen molar-refractivity contribution in [1.82, 2.24) is 20.2 Å². The number of aromatic nitrogens is 2. The van der Waals surface area contributed by atoms with Gasteiger partial charge in [0.05, 0.1) is 13.5 Å². The van der Waals surface area contributed by atoms with Gasteiger partial charge in [0.15, 0.2) is 0 Å². The summed E-state index contributed by atoms with van der Waals surface area (Å²) < 4.78 is 5.17. The highest BCUT2D eigenvalue weighted by Gasteiger charge is 2.21. The number of carbonyl (C=O) groups is 1. The number of likely N-dealkylation sites (tertiary alicyclic amines) is 1. The monoisotopic (exact) mass is 416 g/mol. The molecule has 1 aliphatic rings. The van der Waals surface area contributed by atoms with Gasteiger partial charge in [0.1, 0.15) is 12.1 Å². The molecule has 160 valence electrons. The summed E-state index contributed by atoms with van der Waals surface area (Å²) in [6.07, 6.45) is 7.70. The van der Waals surface area contributed by atoms with E-state index in [0.717, 1.165) is 54.9 Å². The number of benzene rings is 2. The van der Waals surface area contributed by atoms with Crippen molar-refractivity contribution >= 4 is 5.91 Å². The molecule has 1 amide bonds. The van der Waals surface area contributed by atoms with Gasteiger partial charge in [-0.2, -0.15) is 0 Å². The zero-order chi connectivity index (χ0) is 21.5. The molecule has 6 nitrogen and oxygen atoms in total. The van der Waals surface area contributed by atoms with Gasteiger partial charge in [-0.1, -0.05) is 36.4 Å². The van der Waals surface area contributed by atoms with E-state index in [0.29, 0.717) is 6.42 Å². The molecule has 1 atom stereocenters. The molecule has 1 aliphatic heterocycles. The van der Waals surface area contributed by atoms with Crippen molar-refractivity contribution < 1.29 is 9.53 Å². The molecule has 0 bridgehead atoms. The first kappa shape index (κ1) is 21.0. The lowest BCUT2D eigenvalue weighted by Gasteiger charge is -2.33. The fourth-order valence-corrected chi connectivity index (χ4v) is 4.03. The first-order valence-electron chi connectivity index (χ1n) is 10.7. The predicted molar refractivity (Wildman–Crippen MR) is 121 cm³/mol. The summed E-state index contributed by atoms with van der Waals surface area (Å²) in [5.41, 5.74) is 4.40. The highest BCUT2D eigenvalue weighted by molar-refractivity contribution is 5.78. The zero-order valence-corrected chi connectivity index (χ0v) is 17.8. The Morgan fingerprint density at radius 2 is 1.74 bits per heavy atom. The van der Waals surface area contributed by atoms with Crippen LogP contribution in [0.5, 0.6) is 5.75 Å². The lowest BCUT2D eigenvalue weighted by atomic mass is 10.0. The topological polar surface area (TPSA) is 67.3 Å². The number of nitrogens with one attached hydrogen (secondary N) is 1. The van der Waals surface area contributed by atoms with Crippen LogP contribution >= 0.6 is 0 Å². The van der Waals surface area contributed by atoms with Crippen molar-refractivity contribution in [3.63, 3.8) is 0 Å². The van der Waals surface area contributed by atoms with E-state index in [2.05, 4.69) is 44.5 Å². The van der Waals surface area contributed by atoms with Crippen molar-refractivity contribution in [2.45, 2.75) is 31.8 Å². The van der Waals surface area contributed by atoms with Crippen LogP contribution in [0, 0.1) is 0 Å². The predicted octanol–water partition coefficient (Wildman–Crippen LogP) is 3.48. The third kappa shape index (κ3) is 5.89. The molecule has 6 heteroatoms. The summed E-state index contributed by atoms with van der Waals surface area (Å²) in [6, 6.07) is 16.4. The Kier molecular flexibility index (Phi) is 6.89. The van der Waals surface area contributed by atoms with E-state index in [4.69, 9.17) is 4.74 Å². The second-order valence-electron chi connectivity index (χ2n) is 7.99. The van der Waals surface area contributed by atoms with Crippen LogP contribution < -0.4 is 10.1 Å². The molecule has 31 heavy (non-hydrogen) atoms. The van der Waals surface area contributed by atoms with E-state index >= 15 is 0 Å². The third-order valence-electron chi connectivity index (χ3n) is 5.65. The van der Waals surface area contributed by atoms with Crippen molar-refractivity contribution in [3.05, 3.63) is 78.4 Å². The third-order valence-corrected chi connectivity index (χ3v) is 5.65. The van der Waals surface area contributed by atoms with E-state index in [-0.39, 0.29) is 11.9 Å². The van der Waals surface area contributed by atoms with Gasteiger partial charge in [0.25, 0.3) is 0 Å². The number of piperidine rings is 1. The molecule has 1 N–H and O–H groups in total. The maximum atomic E-state index is 12.5. The lowest BCUT2D eigenvalue weighted by Crippen LogP contribution is -2.47. The molecular formula is C25H28N4O2. The Morgan fingerprint density at radius 3 is 2.45 bits per heavy atom. The molecule has 3 aromatic rings. The molecule has 1 fully saturated rings. The van der Waals surface area contributed by atoms with Crippen LogP contribution in [0.15, 0.2) is 67.3 Å². The summed E-state index contributed by atoms with van der Waals surface area (Å²) in [5, 5.41) is 3.22. The Morgan fingerprint density at radius 1 is 1.03 bits per heavy atom. The first-order chi connectivity index (χ1) is 15.2. The van der Waals surface area contributed by atoms with Crippen molar-refractivity contribution in [3.8, 4) is 16.9 Å². The molecule has 2 heterocycles. The van der Waals surface area contributed by atoms with Crippen LogP contribution in [0.4, 0.5) is 0 Å². The molecule has 0 saturated carbocycles. The summed E-state index contributed by atoms with van der Waals surface area (Å²) in [6.45, 7) is 2.82. The van der Waals surface area contributed by atoms with Gasteiger partial charge in [0, 0.05) is 37.1 Å². The van der Waals surface area contributed by atoms with Crippen LogP contribution in [0.1, 0.15) is 24.0 Å². The van der Waals surface area contributed by atoms with Crippen LogP contribution in [-0.4, -0.2) is 47.0 Å². The van der Waals surface area contributed by atoms with Gasteiger partial charge in [0.2, 0.25) is 5.91 Å². The van der Waals surface area contributed by atoms with Gasteiger partial charge < -0.3 is 10.1 Å². The van der Waals surface area contributed by atoms with Crippen molar-refractivity contribution in [1.29, 1.82) is 0 Å². The highest BCUT2D eigenvalue weighted by Crippen LogP contribution is 2.20. The highest BCUT2D eigenvalue weighted by atomic mass is 16.5. The van der Waals surface area contributed by atoms with Crippen molar-refractivity contribution in [2.24, 2.45) is 0 Å². The maximum Gasteiger partial charge on any atom is 0.224 e. The molecule has 2 aromatic carbocycles. The average Bonchev–Trinajstić information content (AvgIpc) is 2.81. The summed E-state index contributed by atoms with van der Waals surface area (Å²) >= 11 is 0. The standard InChI is InChI=1S/C25H28N4O2/c1-31-24-10-6-19(7-11-24)13-25(30)28-23-3-2-12-29(17-23)16-20-4-8-21(9-5-20)22-14-26-18-27-15-22/h4-11,14-15,18,23H,2-3,12-13,16-17H2,1H3,(H,28,30). The van der Waals surface area contributed by atoms with Crippen LogP contribution in [-0.2, 0) is 17.8 Å². The smallest absolute Gasteiger partial charge is 0.224 e. The Balaban J connectivity index is 1.28. The number of nitrogens with zero attached hydrogens (tertiary/aromatic N) is 3. The first-order valence-corrected chi connectivity index (χ1v) is 10.7. The molecule has 0 radical (unpaired) electrons. The van der Waals surface area contributed by atoms with Gasteiger partial charge >= 0.3 is 0 Å². The van der Waals surface area contributed by atoms with Gasteiger partial charge in [-0.15, -0.1) is 0 Å². The van der Waals surface area contributed by atoms with Crippen molar-refractivity contribution in [2.75, 3.05) is 20.2 Å². The van der Waals surface area contributed by atoms with E-state index in [1.54, 1.807) is 13.4 Å².